The van der Waals surface area contributed by atoms with Gasteiger partial charge in [-0.15, -0.1) is 0 Å². The van der Waals surface area contributed by atoms with Gasteiger partial charge in [0.05, 0.1) is 16.1 Å². The van der Waals surface area contributed by atoms with Crippen LogP contribution in [-0.4, -0.2) is 53.7 Å². The normalized spacial score (nSPS) is 19.1. The largest absolute Gasteiger partial charge is 0.388 e. The molecule has 5 heteroatoms. The summed E-state index contributed by atoms with van der Waals surface area (Å²) in [5.74, 6) is 0. The molecule has 2 rings (SSSR count). The zero-order valence-electron chi connectivity index (χ0n) is 12.7. The number of halogens is 2. The molecule has 1 unspecified atom stereocenters. The number of hydrogen-bond donors (Lipinski definition) is 1. The highest BCUT2D eigenvalue weighted by Crippen LogP contribution is 2.31. The van der Waals surface area contributed by atoms with E-state index < -0.39 is 6.10 Å². The van der Waals surface area contributed by atoms with Crippen LogP contribution in [0.4, 0.5) is 0 Å². The van der Waals surface area contributed by atoms with Crippen LogP contribution in [0.3, 0.4) is 0 Å². The Kier molecular flexibility index (Phi) is 6.33. The van der Waals surface area contributed by atoms with Crippen molar-refractivity contribution in [1.29, 1.82) is 0 Å². The molecule has 21 heavy (non-hydrogen) atoms. The summed E-state index contributed by atoms with van der Waals surface area (Å²) in [4.78, 5) is 4.89. The van der Waals surface area contributed by atoms with Gasteiger partial charge in [0.15, 0.2) is 0 Å². The van der Waals surface area contributed by atoms with Crippen molar-refractivity contribution in [3.8, 4) is 0 Å². The molecule has 0 aliphatic carbocycles. The minimum Gasteiger partial charge on any atom is -0.388 e. The highest BCUT2D eigenvalue weighted by atomic mass is 35.5. The van der Waals surface area contributed by atoms with Crippen LogP contribution in [0.2, 0.25) is 10.0 Å². The van der Waals surface area contributed by atoms with Crippen molar-refractivity contribution in [3.63, 3.8) is 0 Å². The van der Waals surface area contributed by atoms with Gasteiger partial charge in [0.25, 0.3) is 0 Å². The monoisotopic (exact) mass is 330 g/mol. The van der Waals surface area contributed by atoms with Crippen LogP contribution in [0, 0.1) is 0 Å². The van der Waals surface area contributed by atoms with Crippen molar-refractivity contribution in [2.24, 2.45) is 0 Å². The Morgan fingerprint density at radius 2 is 1.81 bits per heavy atom. The third-order valence-electron chi connectivity index (χ3n) is 4.20. The first-order valence-corrected chi connectivity index (χ1v) is 8.33. The average Bonchev–Trinajstić information content (AvgIpc) is 2.48. The molecule has 1 heterocycles. The molecular formula is C16H24Cl2N2O. The summed E-state index contributed by atoms with van der Waals surface area (Å²) in [7, 11) is 0. The van der Waals surface area contributed by atoms with Crippen molar-refractivity contribution >= 4 is 23.2 Å². The Bertz CT molecular complexity index is 460. The predicted molar refractivity (Wildman–Crippen MR) is 89.2 cm³/mol. The maximum atomic E-state index is 10.3. The lowest BCUT2D eigenvalue weighted by molar-refractivity contribution is 0.0882. The van der Waals surface area contributed by atoms with Crippen molar-refractivity contribution in [3.05, 3.63) is 33.8 Å². The average molecular weight is 331 g/mol. The molecule has 0 amide bonds. The zero-order valence-corrected chi connectivity index (χ0v) is 14.2. The molecule has 3 nitrogen and oxygen atoms in total. The molecule has 1 aromatic rings. The first-order valence-electron chi connectivity index (χ1n) is 7.57. The molecule has 118 valence electrons. The summed E-state index contributed by atoms with van der Waals surface area (Å²) in [5.41, 5.74) is 0.727. The second kappa shape index (κ2) is 7.80. The van der Waals surface area contributed by atoms with E-state index in [4.69, 9.17) is 23.2 Å². The lowest BCUT2D eigenvalue weighted by Gasteiger charge is -2.37. The van der Waals surface area contributed by atoms with E-state index in [0.29, 0.717) is 22.5 Å². The maximum Gasteiger partial charge on any atom is 0.0817 e. The molecule has 1 N–H and O–H groups in total. The van der Waals surface area contributed by atoms with Crippen LogP contribution in [0.25, 0.3) is 0 Å². The van der Waals surface area contributed by atoms with Crippen LogP contribution in [0.15, 0.2) is 18.2 Å². The van der Waals surface area contributed by atoms with Crippen molar-refractivity contribution in [1.82, 2.24) is 9.80 Å². The Balaban J connectivity index is 1.82. The van der Waals surface area contributed by atoms with Crippen molar-refractivity contribution in [2.45, 2.75) is 32.4 Å². The quantitative estimate of drug-likeness (QED) is 0.895. The minimum absolute atomic E-state index is 0.469. The van der Waals surface area contributed by atoms with E-state index in [1.807, 2.05) is 12.1 Å². The van der Waals surface area contributed by atoms with Gasteiger partial charge in [-0.1, -0.05) is 35.3 Å². The van der Waals surface area contributed by atoms with Gasteiger partial charge in [-0.3, -0.25) is 4.90 Å². The summed E-state index contributed by atoms with van der Waals surface area (Å²) in [6.45, 7) is 9.69. The Morgan fingerprint density at radius 3 is 2.43 bits per heavy atom. The number of piperazine rings is 1. The van der Waals surface area contributed by atoms with Crippen molar-refractivity contribution < 1.29 is 5.11 Å². The molecule has 0 radical (unpaired) electrons. The van der Waals surface area contributed by atoms with Gasteiger partial charge in [-0.25, -0.2) is 0 Å². The standard InChI is InChI=1S/C16H24Cl2N2O/c1-12(2)20-10-8-19(9-11-20)7-6-15(21)13-4-3-5-14(17)16(13)18/h3-5,12,15,21H,6-11H2,1-2H3. The van der Waals surface area contributed by atoms with Gasteiger partial charge < -0.3 is 10.0 Å². The van der Waals surface area contributed by atoms with E-state index in [9.17, 15) is 5.11 Å². The Morgan fingerprint density at radius 1 is 1.14 bits per heavy atom. The first-order chi connectivity index (χ1) is 9.99. The molecule has 0 aromatic heterocycles. The van der Waals surface area contributed by atoms with Gasteiger partial charge in [0, 0.05) is 44.3 Å². The topological polar surface area (TPSA) is 26.7 Å². The van der Waals surface area contributed by atoms with E-state index >= 15 is 0 Å². The summed E-state index contributed by atoms with van der Waals surface area (Å²) in [6.07, 6.45) is 0.126. The predicted octanol–water partition coefficient (Wildman–Crippen LogP) is 3.44. The van der Waals surface area contributed by atoms with Crippen LogP contribution in [-0.2, 0) is 0 Å². The number of benzene rings is 1. The molecule has 1 aliphatic heterocycles. The molecule has 1 aromatic carbocycles. The first kappa shape index (κ1) is 17.0. The lowest BCUT2D eigenvalue weighted by atomic mass is 10.1. The molecule has 1 fully saturated rings. The summed E-state index contributed by atoms with van der Waals surface area (Å²) in [5, 5.41) is 11.3. The van der Waals surface area contributed by atoms with Crippen LogP contribution < -0.4 is 0 Å². The van der Waals surface area contributed by atoms with E-state index in [0.717, 1.165) is 38.3 Å². The second-order valence-electron chi connectivity index (χ2n) is 5.92. The molecule has 1 atom stereocenters. The fourth-order valence-electron chi connectivity index (χ4n) is 2.74. The highest BCUT2D eigenvalue weighted by molar-refractivity contribution is 6.42. The minimum atomic E-state index is -0.556. The third-order valence-corrected chi connectivity index (χ3v) is 5.03. The fourth-order valence-corrected chi connectivity index (χ4v) is 3.18. The number of aliphatic hydroxyl groups excluding tert-OH is 1. The fraction of sp³-hybridized carbons (Fsp3) is 0.625. The molecular weight excluding hydrogens is 307 g/mol. The van der Waals surface area contributed by atoms with Gasteiger partial charge in [-0.05, 0) is 26.3 Å². The van der Waals surface area contributed by atoms with E-state index in [1.54, 1.807) is 6.07 Å². The van der Waals surface area contributed by atoms with E-state index in [1.165, 1.54) is 0 Å². The number of hydrogen-bond acceptors (Lipinski definition) is 3. The van der Waals surface area contributed by atoms with Crippen molar-refractivity contribution in [2.75, 3.05) is 32.7 Å². The Hall–Kier alpha value is -0.320. The lowest BCUT2D eigenvalue weighted by Crippen LogP contribution is -2.49. The molecule has 0 saturated carbocycles. The van der Waals surface area contributed by atoms with Gasteiger partial charge >= 0.3 is 0 Å². The SMILES string of the molecule is CC(C)N1CCN(CCC(O)c2cccc(Cl)c2Cl)CC1. The summed E-state index contributed by atoms with van der Waals surface area (Å²) in [6, 6.07) is 6.03. The maximum absolute atomic E-state index is 10.3. The van der Waals surface area contributed by atoms with Crippen LogP contribution >= 0.6 is 23.2 Å². The van der Waals surface area contributed by atoms with E-state index in [-0.39, 0.29) is 0 Å². The molecule has 0 spiro atoms. The number of nitrogens with zero attached hydrogens (tertiary/aromatic N) is 2. The number of aliphatic hydroxyl groups is 1. The third kappa shape index (κ3) is 4.57. The smallest absolute Gasteiger partial charge is 0.0817 e. The van der Waals surface area contributed by atoms with E-state index in [2.05, 4.69) is 23.6 Å². The molecule has 0 bridgehead atoms. The van der Waals surface area contributed by atoms with Gasteiger partial charge in [0.2, 0.25) is 0 Å². The zero-order chi connectivity index (χ0) is 15.4. The van der Waals surface area contributed by atoms with Crippen LogP contribution in [0.5, 0.6) is 0 Å². The van der Waals surface area contributed by atoms with Crippen LogP contribution in [0.1, 0.15) is 31.9 Å². The second-order valence-corrected chi connectivity index (χ2v) is 6.70. The molecule has 1 saturated heterocycles. The van der Waals surface area contributed by atoms with Gasteiger partial charge in [0.1, 0.15) is 0 Å². The summed E-state index contributed by atoms with van der Waals surface area (Å²) < 4.78 is 0. The number of rotatable bonds is 5. The Labute approximate surface area is 137 Å². The van der Waals surface area contributed by atoms with Gasteiger partial charge in [-0.2, -0.15) is 0 Å². The highest BCUT2D eigenvalue weighted by Gasteiger charge is 2.20. The summed E-state index contributed by atoms with van der Waals surface area (Å²) >= 11 is 12.1. The molecule has 1 aliphatic rings.